The molecule has 28 heavy (non-hydrogen) atoms. The average Bonchev–Trinajstić information content (AvgIpc) is 2.76. The Morgan fingerprint density at radius 2 is 1.32 bits per heavy atom. The van der Waals surface area contributed by atoms with E-state index in [1.165, 1.54) is 0 Å². The van der Waals surface area contributed by atoms with Crippen LogP contribution in [0.25, 0.3) is 28.2 Å². The van der Waals surface area contributed by atoms with Gasteiger partial charge in [0.15, 0.2) is 5.43 Å². The molecule has 0 atom stereocenters. The molecule has 0 amide bonds. The van der Waals surface area contributed by atoms with Gasteiger partial charge in [-0.3, -0.25) is 4.79 Å². The maximum Gasteiger partial charge on any atom is 0.185 e. The Labute approximate surface area is 164 Å². The zero-order valence-corrected chi connectivity index (χ0v) is 16.0. The third-order valence-corrected chi connectivity index (χ3v) is 4.99. The van der Waals surface area contributed by atoms with E-state index in [2.05, 4.69) is 34.1 Å². The monoisotopic (exact) mass is 366 g/mol. The summed E-state index contributed by atoms with van der Waals surface area (Å²) >= 11 is 0. The summed E-state index contributed by atoms with van der Waals surface area (Å²) in [6, 6.07) is 30.1. The predicted molar refractivity (Wildman–Crippen MR) is 117 cm³/mol. The zero-order valence-electron chi connectivity index (χ0n) is 16.0. The molecule has 0 saturated heterocycles. The molecule has 0 bridgehead atoms. The highest BCUT2D eigenvalue weighted by Gasteiger charge is 2.17. The molecular weight excluding hydrogens is 344 g/mol. The van der Waals surface area contributed by atoms with E-state index < -0.39 is 0 Å². The third-order valence-electron chi connectivity index (χ3n) is 4.99. The molecule has 1 N–H and O–H groups in total. The van der Waals surface area contributed by atoms with Gasteiger partial charge in [-0.2, -0.15) is 0 Å². The molecule has 3 nitrogen and oxygen atoms in total. The highest BCUT2D eigenvalue weighted by Crippen LogP contribution is 2.31. The maximum absolute atomic E-state index is 12.9. The first-order valence-electron chi connectivity index (χ1n) is 9.35. The van der Waals surface area contributed by atoms with Crippen LogP contribution in [0.4, 0.5) is 5.69 Å². The van der Waals surface area contributed by atoms with Crippen LogP contribution in [0.2, 0.25) is 0 Å². The largest absolute Gasteiger partial charge is 0.388 e. The van der Waals surface area contributed by atoms with Crippen molar-refractivity contribution in [3.8, 4) is 28.2 Å². The molecule has 3 aromatic carbocycles. The lowest BCUT2D eigenvalue weighted by Gasteiger charge is -2.21. The van der Waals surface area contributed by atoms with Gasteiger partial charge in [-0.25, -0.2) is 0 Å². The first-order chi connectivity index (χ1) is 13.7. The number of anilines is 1. The molecule has 3 heteroatoms. The van der Waals surface area contributed by atoms with Gasteiger partial charge in [0.25, 0.3) is 0 Å². The average molecular weight is 366 g/mol. The van der Waals surface area contributed by atoms with Crippen molar-refractivity contribution in [2.24, 2.45) is 0 Å². The van der Waals surface area contributed by atoms with E-state index in [1.54, 1.807) is 6.07 Å². The number of benzene rings is 3. The summed E-state index contributed by atoms with van der Waals surface area (Å²) in [6.45, 7) is 1.90. The highest BCUT2D eigenvalue weighted by atomic mass is 16.1. The van der Waals surface area contributed by atoms with E-state index in [1.807, 2.05) is 74.6 Å². The molecule has 0 aliphatic rings. The molecule has 0 fully saturated rings. The van der Waals surface area contributed by atoms with Crippen molar-refractivity contribution in [1.29, 1.82) is 0 Å². The van der Waals surface area contributed by atoms with Gasteiger partial charge in [0, 0.05) is 30.1 Å². The van der Waals surface area contributed by atoms with Crippen LogP contribution >= 0.6 is 0 Å². The fourth-order valence-corrected chi connectivity index (χ4v) is 3.51. The van der Waals surface area contributed by atoms with E-state index >= 15 is 0 Å². The molecular formula is C25H22N2O. The summed E-state index contributed by atoms with van der Waals surface area (Å²) in [4.78, 5) is 12.9. The lowest BCUT2D eigenvalue weighted by molar-refractivity contribution is 1.04. The summed E-state index contributed by atoms with van der Waals surface area (Å²) in [6.07, 6.45) is 0. The Morgan fingerprint density at radius 3 is 1.89 bits per heavy atom. The smallest absolute Gasteiger partial charge is 0.185 e. The topological polar surface area (TPSA) is 34.0 Å². The van der Waals surface area contributed by atoms with Crippen LogP contribution in [0.1, 0.15) is 5.56 Å². The molecule has 1 aromatic heterocycles. The van der Waals surface area contributed by atoms with Crippen molar-refractivity contribution in [3.63, 3.8) is 0 Å². The number of nitrogens with zero attached hydrogens (tertiary/aromatic N) is 1. The lowest BCUT2D eigenvalue weighted by atomic mass is 10.0. The van der Waals surface area contributed by atoms with Crippen LogP contribution in [-0.4, -0.2) is 11.6 Å². The van der Waals surface area contributed by atoms with Crippen LogP contribution in [-0.2, 0) is 0 Å². The van der Waals surface area contributed by atoms with Crippen LogP contribution in [0.15, 0.2) is 95.8 Å². The fraction of sp³-hybridized carbons (Fsp3) is 0.0800. The van der Waals surface area contributed by atoms with Gasteiger partial charge in [-0.05, 0) is 42.3 Å². The van der Waals surface area contributed by atoms with Gasteiger partial charge < -0.3 is 9.88 Å². The molecule has 0 aliphatic carbocycles. The summed E-state index contributed by atoms with van der Waals surface area (Å²) < 4.78 is 2.18. The molecule has 0 aliphatic heterocycles. The number of aromatic nitrogens is 1. The summed E-state index contributed by atoms with van der Waals surface area (Å²) in [5.74, 6) is 0. The van der Waals surface area contributed by atoms with Crippen molar-refractivity contribution in [1.82, 2.24) is 4.57 Å². The van der Waals surface area contributed by atoms with Crippen molar-refractivity contribution in [2.45, 2.75) is 6.92 Å². The molecule has 0 radical (unpaired) electrons. The van der Waals surface area contributed by atoms with Crippen LogP contribution in [0.3, 0.4) is 0 Å². The lowest BCUT2D eigenvalue weighted by Crippen LogP contribution is -2.15. The minimum absolute atomic E-state index is 0.0424. The second kappa shape index (κ2) is 7.57. The highest BCUT2D eigenvalue weighted by molar-refractivity contribution is 5.73. The van der Waals surface area contributed by atoms with E-state index in [9.17, 15) is 4.79 Å². The third kappa shape index (κ3) is 3.23. The molecule has 0 saturated carbocycles. The number of rotatable bonds is 4. The summed E-state index contributed by atoms with van der Waals surface area (Å²) in [7, 11) is 1.91. The number of hydrogen-bond acceptors (Lipinski definition) is 2. The van der Waals surface area contributed by atoms with Crippen molar-refractivity contribution in [2.75, 3.05) is 12.4 Å². The van der Waals surface area contributed by atoms with E-state index in [0.717, 1.165) is 39.5 Å². The van der Waals surface area contributed by atoms with Crippen molar-refractivity contribution in [3.05, 3.63) is 107 Å². The van der Waals surface area contributed by atoms with Crippen molar-refractivity contribution >= 4 is 5.69 Å². The Hall–Kier alpha value is -3.59. The van der Waals surface area contributed by atoms with Gasteiger partial charge in [-0.1, -0.05) is 60.7 Å². The molecule has 4 rings (SSSR count). The SMILES string of the molecule is CNc1ccc(-n2c(-c3ccccc3)cc(=O)c(C)c2-c2ccccc2)cc1. The van der Waals surface area contributed by atoms with Gasteiger partial charge in [0.1, 0.15) is 0 Å². The molecule has 1 heterocycles. The second-order valence-electron chi connectivity index (χ2n) is 6.73. The molecule has 4 aromatic rings. The van der Waals surface area contributed by atoms with Crippen LogP contribution in [0.5, 0.6) is 0 Å². The fourth-order valence-electron chi connectivity index (χ4n) is 3.51. The molecule has 0 unspecified atom stereocenters. The Kier molecular flexibility index (Phi) is 4.81. The Balaban J connectivity index is 2.09. The molecule has 138 valence electrons. The van der Waals surface area contributed by atoms with Crippen molar-refractivity contribution < 1.29 is 0 Å². The van der Waals surface area contributed by atoms with E-state index in [4.69, 9.17) is 0 Å². The maximum atomic E-state index is 12.9. The van der Waals surface area contributed by atoms with Gasteiger partial charge >= 0.3 is 0 Å². The summed E-state index contributed by atoms with van der Waals surface area (Å²) in [5.41, 5.74) is 6.67. The quantitative estimate of drug-likeness (QED) is 0.516. The van der Waals surface area contributed by atoms with Crippen LogP contribution < -0.4 is 10.7 Å². The summed E-state index contributed by atoms with van der Waals surface area (Å²) in [5, 5.41) is 3.16. The van der Waals surface area contributed by atoms with E-state index in [0.29, 0.717) is 0 Å². The first kappa shape index (κ1) is 17.8. The predicted octanol–water partition coefficient (Wildman–Crippen LogP) is 5.52. The standard InChI is InChI=1S/C25H22N2O/c1-18-24(28)17-23(19-9-5-3-6-10-19)27(22-15-13-21(26-2)14-16-22)25(18)20-11-7-4-8-12-20/h3-17,26H,1-2H3. The number of pyridine rings is 1. The second-order valence-corrected chi connectivity index (χ2v) is 6.73. The number of nitrogens with one attached hydrogen (secondary N) is 1. The van der Waals surface area contributed by atoms with Gasteiger partial charge in [0.2, 0.25) is 0 Å². The minimum Gasteiger partial charge on any atom is -0.388 e. The first-order valence-corrected chi connectivity index (χ1v) is 9.35. The Morgan fingerprint density at radius 1 is 0.750 bits per heavy atom. The number of hydrogen-bond donors (Lipinski definition) is 1. The van der Waals surface area contributed by atoms with Crippen LogP contribution in [0, 0.1) is 6.92 Å². The molecule has 0 spiro atoms. The minimum atomic E-state index is 0.0424. The normalized spacial score (nSPS) is 10.6. The zero-order chi connectivity index (χ0) is 19.5. The van der Waals surface area contributed by atoms with Gasteiger partial charge in [-0.15, -0.1) is 0 Å². The van der Waals surface area contributed by atoms with Gasteiger partial charge in [0.05, 0.1) is 11.4 Å². The van der Waals surface area contributed by atoms with E-state index in [-0.39, 0.29) is 5.43 Å². The Bertz CT molecular complexity index is 1150.